The molecule has 0 saturated carbocycles. The van der Waals surface area contributed by atoms with Crippen molar-refractivity contribution in [2.45, 2.75) is 19.3 Å². The molecule has 0 atom stereocenters. The van der Waals surface area contributed by atoms with Gasteiger partial charge in [-0.05, 0) is 52.9 Å². The van der Waals surface area contributed by atoms with Crippen LogP contribution >= 0.6 is 27.5 Å². The molecule has 0 fully saturated rings. The van der Waals surface area contributed by atoms with Crippen molar-refractivity contribution in [3.05, 3.63) is 34.1 Å². The molecule has 13 heavy (non-hydrogen) atoms. The number of alkyl halides is 1. The van der Waals surface area contributed by atoms with E-state index < -0.39 is 0 Å². The van der Waals surface area contributed by atoms with Crippen LogP contribution in [0.3, 0.4) is 0 Å². The maximum Gasteiger partial charge on any atom is 0.137 e. The molecule has 0 saturated heterocycles. The summed E-state index contributed by atoms with van der Waals surface area (Å²) < 4.78 is 13.4. The van der Waals surface area contributed by atoms with Crippen molar-refractivity contribution in [3.8, 4) is 0 Å². The molecule has 0 nitrogen and oxygen atoms in total. The largest absolute Gasteiger partial charge is 0.206 e. The molecule has 0 bridgehead atoms. The summed E-state index contributed by atoms with van der Waals surface area (Å²) in [4.78, 5) is 0. The molecule has 0 N–H and O–H groups in total. The summed E-state index contributed by atoms with van der Waals surface area (Å²) in [6.45, 7) is 0. The normalized spacial score (nSPS) is 10.4. The van der Waals surface area contributed by atoms with Crippen molar-refractivity contribution >= 4 is 27.5 Å². The minimum Gasteiger partial charge on any atom is -0.206 e. The first-order valence-electron chi connectivity index (χ1n) is 4.24. The lowest BCUT2D eigenvalue weighted by Crippen LogP contribution is -1.88. The van der Waals surface area contributed by atoms with Crippen LogP contribution in [-0.4, -0.2) is 5.88 Å². The molecule has 1 aromatic carbocycles. The molecule has 0 spiro atoms. The van der Waals surface area contributed by atoms with Gasteiger partial charge in [0.15, 0.2) is 0 Å². The SMILES string of the molecule is Fc1ccc(CCCCCl)cc1Br. The van der Waals surface area contributed by atoms with E-state index in [4.69, 9.17) is 11.6 Å². The molecule has 0 aliphatic rings. The second-order valence-electron chi connectivity index (χ2n) is 2.89. The van der Waals surface area contributed by atoms with Crippen LogP contribution in [0.1, 0.15) is 18.4 Å². The molecule has 0 radical (unpaired) electrons. The van der Waals surface area contributed by atoms with Crippen LogP contribution in [0, 0.1) is 5.82 Å². The van der Waals surface area contributed by atoms with Gasteiger partial charge >= 0.3 is 0 Å². The molecule has 1 rings (SSSR count). The Hall–Kier alpha value is -0.0800. The summed E-state index contributed by atoms with van der Waals surface area (Å²) in [5.74, 6) is 0.489. The Morgan fingerprint density at radius 2 is 2.08 bits per heavy atom. The summed E-state index contributed by atoms with van der Waals surface area (Å²) >= 11 is 8.71. The van der Waals surface area contributed by atoms with E-state index >= 15 is 0 Å². The van der Waals surface area contributed by atoms with E-state index in [9.17, 15) is 4.39 Å². The molecular formula is C10H11BrClF. The first-order chi connectivity index (χ1) is 6.24. The van der Waals surface area contributed by atoms with Gasteiger partial charge in [0.2, 0.25) is 0 Å². The fourth-order valence-electron chi connectivity index (χ4n) is 1.12. The van der Waals surface area contributed by atoms with E-state index in [0.29, 0.717) is 10.4 Å². The average molecular weight is 266 g/mol. The third-order valence-corrected chi connectivity index (χ3v) is 2.71. The first kappa shape index (κ1) is 11.0. The molecular weight excluding hydrogens is 254 g/mol. The van der Waals surface area contributed by atoms with Crippen LogP contribution in [-0.2, 0) is 6.42 Å². The van der Waals surface area contributed by atoms with Gasteiger partial charge in [0.25, 0.3) is 0 Å². The van der Waals surface area contributed by atoms with Crippen molar-refractivity contribution in [2.75, 3.05) is 5.88 Å². The number of hydrogen-bond donors (Lipinski definition) is 0. The van der Waals surface area contributed by atoms with Gasteiger partial charge in [0, 0.05) is 5.88 Å². The van der Waals surface area contributed by atoms with Gasteiger partial charge in [-0.3, -0.25) is 0 Å². The zero-order valence-corrected chi connectivity index (χ0v) is 9.54. The summed E-state index contributed by atoms with van der Waals surface area (Å²) in [6, 6.07) is 5.12. The first-order valence-corrected chi connectivity index (χ1v) is 5.56. The van der Waals surface area contributed by atoms with Gasteiger partial charge in [-0.1, -0.05) is 6.07 Å². The third-order valence-electron chi connectivity index (χ3n) is 1.83. The van der Waals surface area contributed by atoms with E-state index in [2.05, 4.69) is 15.9 Å². The lowest BCUT2D eigenvalue weighted by atomic mass is 10.1. The Kier molecular flexibility index (Phi) is 4.74. The standard InChI is InChI=1S/C10H11BrClF/c11-9-7-8(3-1-2-6-12)4-5-10(9)13/h4-5,7H,1-3,6H2. The molecule has 1 aromatic rings. The summed E-state index contributed by atoms with van der Waals surface area (Å²) in [7, 11) is 0. The lowest BCUT2D eigenvalue weighted by Gasteiger charge is -2.01. The van der Waals surface area contributed by atoms with Gasteiger partial charge in [0.05, 0.1) is 4.47 Å². The third kappa shape index (κ3) is 3.65. The van der Waals surface area contributed by atoms with Crippen LogP contribution in [0.2, 0.25) is 0 Å². The quantitative estimate of drug-likeness (QED) is 0.567. The highest BCUT2D eigenvalue weighted by Gasteiger charge is 1.99. The van der Waals surface area contributed by atoms with Crippen LogP contribution in [0.15, 0.2) is 22.7 Å². The van der Waals surface area contributed by atoms with Crippen LogP contribution in [0.25, 0.3) is 0 Å². The summed E-state index contributed by atoms with van der Waals surface area (Å²) in [5, 5.41) is 0. The average Bonchev–Trinajstić information content (AvgIpc) is 2.12. The smallest absolute Gasteiger partial charge is 0.137 e. The zero-order valence-electron chi connectivity index (χ0n) is 7.19. The van der Waals surface area contributed by atoms with Crippen molar-refractivity contribution in [2.24, 2.45) is 0 Å². The second-order valence-corrected chi connectivity index (χ2v) is 4.13. The van der Waals surface area contributed by atoms with Crippen LogP contribution < -0.4 is 0 Å². The Morgan fingerprint density at radius 3 is 2.69 bits per heavy atom. The topological polar surface area (TPSA) is 0 Å². The number of unbranched alkanes of at least 4 members (excludes halogenated alkanes) is 1. The summed E-state index contributed by atoms with van der Waals surface area (Å²) in [5.41, 5.74) is 1.15. The Bertz CT molecular complexity index is 276. The van der Waals surface area contributed by atoms with E-state index in [0.717, 1.165) is 24.8 Å². The summed E-state index contributed by atoms with van der Waals surface area (Å²) in [6.07, 6.45) is 3.03. The minimum atomic E-state index is -0.207. The van der Waals surface area contributed by atoms with E-state index in [1.807, 2.05) is 12.1 Å². The molecule has 0 amide bonds. The highest BCUT2D eigenvalue weighted by Crippen LogP contribution is 2.18. The number of benzene rings is 1. The fraction of sp³-hybridized carbons (Fsp3) is 0.400. The van der Waals surface area contributed by atoms with Gasteiger partial charge in [-0.2, -0.15) is 0 Å². The molecule has 0 aliphatic carbocycles. The monoisotopic (exact) mass is 264 g/mol. The van der Waals surface area contributed by atoms with E-state index in [-0.39, 0.29) is 5.82 Å². The number of aryl methyl sites for hydroxylation is 1. The van der Waals surface area contributed by atoms with E-state index in [1.54, 1.807) is 0 Å². The van der Waals surface area contributed by atoms with Crippen molar-refractivity contribution < 1.29 is 4.39 Å². The Morgan fingerprint density at radius 1 is 1.31 bits per heavy atom. The number of hydrogen-bond acceptors (Lipinski definition) is 0. The van der Waals surface area contributed by atoms with E-state index in [1.165, 1.54) is 6.07 Å². The maximum absolute atomic E-state index is 12.8. The predicted molar refractivity (Wildman–Crippen MR) is 57.8 cm³/mol. The van der Waals surface area contributed by atoms with Gasteiger partial charge in [0.1, 0.15) is 5.82 Å². The van der Waals surface area contributed by atoms with Crippen LogP contribution in [0.4, 0.5) is 4.39 Å². The molecule has 0 heterocycles. The fourth-order valence-corrected chi connectivity index (χ4v) is 1.73. The van der Waals surface area contributed by atoms with Crippen molar-refractivity contribution in [1.82, 2.24) is 0 Å². The Labute approximate surface area is 91.2 Å². The highest BCUT2D eigenvalue weighted by molar-refractivity contribution is 9.10. The van der Waals surface area contributed by atoms with Gasteiger partial charge in [-0.15, -0.1) is 11.6 Å². The predicted octanol–water partition coefficient (Wildman–Crippen LogP) is 4.15. The van der Waals surface area contributed by atoms with Crippen molar-refractivity contribution in [1.29, 1.82) is 0 Å². The Balaban J connectivity index is 2.53. The van der Waals surface area contributed by atoms with Crippen LogP contribution in [0.5, 0.6) is 0 Å². The number of halogens is 3. The van der Waals surface area contributed by atoms with Gasteiger partial charge < -0.3 is 0 Å². The highest BCUT2D eigenvalue weighted by atomic mass is 79.9. The molecule has 0 aromatic heterocycles. The molecule has 72 valence electrons. The second kappa shape index (κ2) is 5.61. The maximum atomic E-state index is 12.8. The molecule has 0 unspecified atom stereocenters. The lowest BCUT2D eigenvalue weighted by molar-refractivity contribution is 0.619. The zero-order chi connectivity index (χ0) is 9.68. The number of rotatable bonds is 4. The minimum absolute atomic E-state index is 0.207. The molecule has 0 aliphatic heterocycles. The van der Waals surface area contributed by atoms with Crippen molar-refractivity contribution in [3.63, 3.8) is 0 Å². The molecule has 3 heteroatoms. The van der Waals surface area contributed by atoms with Gasteiger partial charge in [-0.25, -0.2) is 4.39 Å².